The van der Waals surface area contributed by atoms with Crippen LogP contribution in [0.4, 0.5) is 23.1 Å². The number of hydrogen-bond acceptors (Lipinski definition) is 5. The van der Waals surface area contributed by atoms with Gasteiger partial charge in [0.15, 0.2) is 0 Å². The molecule has 1 aromatic heterocycles. The Labute approximate surface area is 142 Å². The van der Waals surface area contributed by atoms with Crippen molar-refractivity contribution < 1.29 is 4.74 Å². The van der Waals surface area contributed by atoms with Gasteiger partial charge >= 0.3 is 0 Å². The van der Waals surface area contributed by atoms with Crippen molar-refractivity contribution >= 4 is 39.1 Å². The highest BCUT2D eigenvalue weighted by Crippen LogP contribution is 2.21. The Morgan fingerprint density at radius 2 is 1.52 bits per heavy atom. The number of hydrogen-bond donors (Lipinski definition) is 2. The van der Waals surface area contributed by atoms with Crippen molar-refractivity contribution in [2.45, 2.75) is 0 Å². The molecule has 2 aromatic carbocycles. The second-order valence-electron chi connectivity index (χ2n) is 4.75. The monoisotopic (exact) mass is 370 g/mol. The largest absolute Gasteiger partial charge is 0.497 e. The summed E-state index contributed by atoms with van der Waals surface area (Å²) in [7, 11) is 1.65. The molecule has 1 heterocycles. The van der Waals surface area contributed by atoms with E-state index in [2.05, 4.69) is 36.5 Å². The third-order valence-electron chi connectivity index (χ3n) is 3.12. The molecule has 0 fully saturated rings. The van der Waals surface area contributed by atoms with Crippen molar-refractivity contribution in [3.8, 4) is 5.75 Å². The number of nitrogens with zero attached hydrogens (tertiary/aromatic N) is 2. The topological polar surface area (TPSA) is 59.1 Å². The highest BCUT2D eigenvalue weighted by atomic mass is 79.9. The summed E-state index contributed by atoms with van der Waals surface area (Å²) < 4.78 is 6.17. The number of rotatable bonds is 5. The van der Waals surface area contributed by atoms with Gasteiger partial charge in [0.25, 0.3) is 0 Å². The van der Waals surface area contributed by atoms with E-state index in [0.717, 1.165) is 21.6 Å². The molecule has 0 saturated carbocycles. The Morgan fingerprint density at radius 1 is 0.870 bits per heavy atom. The van der Waals surface area contributed by atoms with Crippen molar-refractivity contribution in [3.63, 3.8) is 0 Å². The van der Waals surface area contributed by atoms with Gasteiger partial charge in [-0.05, 0) is 54.6 Å². The fourth-order valence-electron chi connectivity index (χ4n) is 1.97. The SMILES string of the molecule is COc1ccc(Nc2ccnc(Nc3ccc(Br)cc3)n2)cc1. The Hall–Kier alpha value is -2.60. The number of anilines is 4. The molecule has 23 heavy (non-hydrogen) atoms. The lowest BCUT2D eigenvalue weighted by molar-refractivity contribution is 0.415. The molecule has 0 unspecified atom stereocenters. The summed E-state index contributed by atoms with van der Waals surface area (Å²) in [6.45, 7) is 0. The van der Waals surface area contributed by atoms with Crippen LogP contribution in [0, 0.1) is 0 Å². The third-order valence-corrected chi connectivity index (χ3v) is 3.65. The van der Waals surface area contributed by atoms with Crippen LogP contribution in [0.25, 0.3) is 0 Å². The van der Waals surface area contributed by atoms with Crippen LogP contribution in [0.2, 0.25) is 0 Å². The molecule has 6 heteroatoms. The van der Waals surface area contributed by atoms with Gasteiger partial charge in [-0.1, -0.05) is 15.9 Å². The number of nitrogens with one attached hydrogen (secondary N) is 2. The first kappa shape index (κ1) is 15.3. The lowest BCUT2D eigenvalue weighted by Gasteiger charge is -2.09. The molecular formula is C17H15BrN4O. The Morgan fingerprint density at radius 3 is 2.22 bits per heavy atom. The van der Waals surface area contributed by atoms with Crippen molar-refractivity contribution in [1.29, 1.82) is 0 Å². The van der Waals surface area contributed by atoms with E-state index in [-0.39, 0.29) is 0 Å². The zero-order valence-corrected chi connectivity index (χ0v) is 14.0. The molecule has 0 aliphatic heterocycles. The van der Waals surface area contributed by atoms with Crippen molar-refractivity contribution in [2.75, 3.05) is 17.7 Å². The lowest BCUT2D eigenvalue weighted by Crippen LogP contribution is -2.00. The van der Waals surface area contributed by atoms with Crippen LogP contribution in [-0.4, -0.2) is 17.1 Å². The van der Waals surface area contributed by atoms with Gasteiger partial charge in [0.1, 0.15) is 11.6 Å². The summed E-state index contributed by atoms with van der Waals surface area (Å²) in [5.74, 6) is 2.06. The lowest BCUT2D eigenvalue weighted by atomic mass is 10.3. The molecule has 0 aliphatic rings. The molecule has 0 radical (unpaired) electrons. The highest BCUT2D eigenvalue weighted by Gasteiger charge is 2.01. The predicted molar refractivity (Wildman–Crippen MR) is 95.7 cm³/mol. The summed E-state index contributed by atoms with van der Waals surface area (Å²) in [5, 5.41) is 6.41. The second kappa shape index (κ2) is 7.11. The van der Waals surface area contributed by atoms with Gasteiger partial charge in [0.05, 0.1) is 7.11 Å². The fourth-order valence-corrected chi connectivity index (χ4v) is 2.24. The smallest absolute Gasteiger partial charge is 0.229 e. The van der Waals surface area contributed by atoms with Gasteiger partial charge in [-0.25, -0.2) is 4.98 Å². The zero-order chi connectivity index (χ0) is 16.1. The van der Waals surface area contributed by atoms with Crippen LogP contribution >= 0.6 is 15.9 Å². The van der Waals surface area contributed by atoms with Crippen LogP contribution in [0.15, 0.2) is 65.3 Å². The molecule has 2 N–H and O–H groups in total. The maximum Gasteiger partial charge on any atom is 0.229 e. The predicted octanol–water partition coefficient (Wildman–Crippen LogP) is 4.73. The van der Waals surface area contributed by atoms with Gasteiger partial charge in [-0.15, -0.1) is 0 Å². The Kier molecular flexibility index (Phi) is 4.73. The molecule has 0 amide bonds. The first-order valence-electron chi connectivity index (χ1n) is 7.00. The van der Waals surface area contributed by atoms with Crippen molar-refractivity contribution in [3.05, 3.63) is 65.3 Å². The summed E-state index contributed by atoms with van der Waals surface area (Å²) in [5.41, 5.74) is 1.86. The van der Waals surface area contributed by atoms with Crippen molar-refractivity contribution in [1.82, 2.24) is 9.97 Å². The quantitative estimate of drug-likeness (QED) is 0.679. The molecule has 0 aliphatic carbocycles. The molecule has 3 aromatic rings. The van der Waals surface area contributed by atoms with Crippen molar-refractivity contribution in [2.24, 2.45) is 0 Å². The number of halogens is 1. The second-order valence-corrected chi connectivity index (χ2v) is 5.67. The summed E-state index contributed by atoms with van der Waals surface area (Å²) in [6, 6.07) is 17.3. The molecule has 0 bridgehead atoms. The van der Waals surface area contributed by atoms with Crippen LogP contribution in [0.5, 0.6) is 5.75 Å². The zero-order valence-electron chi connectivity index (χ0n) is 12.5. The molecular weight excluding hydrogens is 356 g/mol. The van der Waals surface area contributed by atoms with Gasteiger partial charge in [-0.3, -0.25) is 0 Å². The minimum atomic E-state index is 0.533. The van der Waals surface area contributed by atoms with E-state index < -0.39 is 0 Å². The van der Waals surface area contributed by atoms with E-state index in [1.807, 2.05) is 54.6 Å². The van der Waals surface area contributed by atoms with E-state index >= 15 is 0 Å². The van der Waals surface area contributed by atoms with Gasteiger partial charge < -0.3 is 15.4 Å². The number of aromatic nitrogens is 2. The van der Waals surface area contributed by atoms with E-state index in [9.17, 15) is 0 Å². The molecule has 5 nitrogen and oxygen atoms in total. The normalized spacial score (nSPS) is 10.2. The maximum absolute atomic E-state index is 5.15. The van der Waals surface area contributed by atoms with Crippen LogP contribution in [-0.2, 0) is 0 Å². The molecule has 0 atom stereocenters. The van der Waals surface area contributed by atoms with E-state index in [0.29, 0.717) is 11.8 Å². The van der Waals surface area contributed by atoms with Crippen LogP contribution in [0.3, 0.4) is 0 Å². The van der Waals surface area contributed by atoms with E-state index in [4.69, 9.17) is 4.74 Å². The summed E-state index contributed by atoms with van der Waals surface area (Å²) in [4.78, 5) is 8.68. The maximum atomic E-state index is 5.15. The van der Waals surface area contributed by atoms with Gasteiger partial charge in [-0.2, -0.15) is 4.98 Å². The number of ether oxygens (including phenoxy) is 1. The number of benzene rings is 2. The minimum absolute atomic E-state index is 0.533. The molecule has 0 spiro atoms. The summed E-state index contributed by atoms with van der Waals surface area (Å²) >= 11 is 3.41. The van der Waals surface area contributed by atoms with E-state index in [1.165, 1.54) is 0 Å². The average Bonchev–Trinajstić information content (AvgIpc) is 2.58. The molecule has 0 saturated heterocycles. The first-order chi connectivity index (χ1) is 11.2. The standard InChI is InChI=1S/C17H15BrN4O/c1-23-15-8-6-13(7-9-15)20-16-10-11-19-17(22-16)21-14-4-2-12(18)3-5-14/h2-11H,1H3,(H2,19,20,21,22). The number of methoxy groups -OCH3 is 1. The Bertz CT molecular complexity index is 775. The molecule has 3 rings (SSSR count). The fraction of sp³-hybridized carbons (Fsp3) is 0.0588. The first-order valence-corrected chi connectivity index (χ1v) is 7.79. The van der Waals surface area contributed by atoms with E-state index in [1.54, 1.807) is 13.3 Å². The highest BCUT2D eigenvalue weighted by molar-refractivity contribution is 9.10. The molecule has 116 valence electrons. The Balaban J connectivity index is 1.72. The van der Waals surface area contributed by atoms with Gasteiger partial charge in [0.2, 0.25) is 5.95 Å². The van der Waals surface area contributed by atoms with Crippen LogP contribution < -0.4 is 15.4 Å². The minimum Gasteiger partial charge on any atom is -0.497 e. The van der Waals surface area contributed by atoms with Gasteiger partial charge in [0, 0.05) is 22.0 Å². The average molecular weight is 371 g/mol. The third kappa shape index (κ3) is 4.20. The summed E-state index contributed by atoms with van der Waals surface area (Å²) in [6.07, 6.45) is 1.71. The van der Waals surface area contributed by atoms with Crippen LogP contribution in [0.1, 0.15) is 0 Å².